The SMILES string of the molecule is Cc1cn2nc(C(C)C)cc(CC(=O)O)c2n1. The Bertz CT molecular complexity index is 572. The van der Waals surface area contributed by atoms with E-state index < -0.39 is 5.97 Å². The molecule has 17 heavy (non-hydrogen) atoms. The smallest absolute Gasteiger partial charge is 0.307 e. The van der Waals surface area contributed by atoms with Crippen LogP contribution in [0.15, 0.2) is 12.3 Å². The number of aromatic nitrogens is 3. The zero-order valence-corrected chi connectivity index (χ0v) is 10.1. The molecule has 2 aromatic heterocycles. The quantitative estimate of drug-likeness (QED) is 0.877. The fourth-order valence-electron chi connectivity index (χ4n) is 1.75. The molecular weight excluding hydrogens is 218 g/mol. The lowest BCUT2D eigenvalue weighted by Gasteiger charge is -2.07. The van der Waals surface area contributed by atoms with Crippen LogP contribution in [0.2, 0.25) is 0 Å². The number of fused-ring (bicyclic) bond motifs is 1. The van der Waals surface area contributed by atoms with Gasteiger partial charge >= 0.3 is 5.97 Å². The molecule has 0 unspecified atom stereocenters. The first-order valence-electron chi connectivity index (χ1n) is 5.55. The van der Waals surface area contributed by atoms with E-state index in [1.165, 1.54) is 0 Å². The molecule has 5 heteroatoms. The third-order valence-corrected chi connectivity index (χ3v) is 2.57. The summed E-state index contributed by atoms with van der Waals surface area (Å²) in [6, 6.07) is 1.83. The summed E-state index contributed by atoms with van der Waals surface area (Å²) in [5.74, 6) is -0.594. The van der Waals surface area contributed by atoms with Gasteiger partial charge in [-0.25, -0.2) is 9.50 Å². The summed E-state index contributed by atoms with van der Waals surface area (Å²) in [7, 11) is 0. The Morgan fingerprint density at radius 1 is 1.53 bits per heavy atom. The number of carboxylic acids is 1. The van der Waals surface area contributed by atoms with E-state index in [1.807, 2.05) is 33.0 Å². The lowest BCUT2D eigenvalue weighted by Crippen LogP contribution is -2.07. The van der Waals surface area contributed by atoms with Crippen molar-refractivity contribution in [3.05, 3.63) is 29.2 Å². The molecule has 5 nitrogen and oxygen atoms in total. The normalized spacial score (nSPS) is 11.3. The Morgan fingerprint density at radius 3 is 2.82 bits per heavy atom. The summed E-state index contributed by atoms with van der Waals surface area (Å²) in [6.45, 7) is 5.93. The lowest BCUT2D eigenvalue weighted by molar-refractivity contribution is -0.136. The molecule has 0 saturated heterocycles. The Balaban J connectivity index is 2.64. The molecule has 0 atom stereocenters. The van der Waals surface area contributed by atoms with Gasteiger partial charge in [0.1, 0.15) is 0 Å². The Labute approximate surface area is 99.1 Å². The highest BCUT2D eigenvalue weighted by molar-refractivity contribution is 5.73. The molecule has 1 N–H and O–H groups in total. The molecule has 0 spiro atoms. The molecule has 90 valence electrons. The fraction of sp³-hybridized carbons (Fsp3) is 0.417. The van der Waals surface area contributed by atoms with E-state index >= 15 is 0 Å². The van der Waals surface area contributed by atoms with Crippen LogP contribution in [0.1, 0.15) is 36.7 Å². The topological polar surface area (TPSA) is 67.5 Å². The van der Waals surface area contributed by atoms with Gasteiger partial charge in [0, 0.05) is 5.56 Å². The molecule has 0 fully saturated rings. The summed E-state index contributed by atoms with van der Waals surface area (Å²) < 4.78 is 1.67. The first kappa shape index (κ1) is 11.6. The van der Waals surface area contributed by atoms with Gasteiger partial charge in [-0.1, -0.05) is 13.8 Å². The second-order valence-corrected chi connectivity index (χ2v) is 4.47. The molecule has 2 heterocycles. The summed E-state index contributed by atoms with van der Waals surface area (Å²) in [4.78, 5) is 15.1. The maximum atomic E-state index is 10.8. The van der Waals surface area contributed by atoms with Gasteiger partial charge in [-0.05, 0) is 18.9 Å². The Morgan fingerprint density at radius 2 is 2.24 bits per heavy atom. The van der Waals surface area contributed by atoms with Gasteiger partial charge in [-0.2, -0.15) is 5.10 Å². The minimum Gasteiger partial charge on any atom is -0.481 e. The maximum Gasteiger partial charge on any atom is 0.307 e. The fourth-order valence-corrected chi connectivity index (χ4v) is 1.75. The minimum absolute atomic E-state index is 0.0256. The number of hydrogen-bond donors (Lipinski definition) is 1. The number of aliphatic carboxylic acids is 1. The van der Waals surface area contributed by atoms with Crippen LogP contribution in [-0.4, -0.2) is 25.7 Å². The molecule has 0 radical (unpaired) electrons. The van der Waals surface area contributed by atoms with E-state index in [2.05, 4.69) is 10.1 Å². The molecule has 0 aromatic carbocycles. The van der Waals surface area contributed by atoms with E-state index in [4.69, 9.17) is 5.11 Å². The van der Waals surface area contributed by atoms with Crippen LogP contribution in [0.5, 0.6) is 0 Å². The summed E-state index contributed by atoms with van der Waals surface area (Å²) >= 11 is 0. The van der Waals surface area contributed by atoms with E-state index in [0.29, 0.717) is 11.2 Å². The summed E-state index contributed by atoms with van der Waals surface area (Å²) in [5, 5.41) is 13.3. The Kier molecular flexibility index (Phi) is 2.83. The van der Waals surface area contributed by atoms with Crippen LogP contribution in [0.3, 0.4) is 0 Å². The predicted octanol–water partition coefficient (Wildman–Crippen LogP) is 1.79. The highest BCUT2D eigenvalue weighted by Crippen LogP contribution is 2.17. The van der Waals surface area contributed by atoms with E-state index in [1.54, 1.807) is 4.52 Å². The average Bonchev–Trinajstić information content (AvgIpc) is 2.57. The van der Waals surface area contributed by atoms with Gasteiger partial charge in [0.05, 0.1) is 24.0 Å². The molecule has 0 bridgehead atoms. The zero-order chi connectivity index (χ0) is 12.6. The van der Waals surface area contributed by atoms with Crippen LogP contribution >= 0.6 is 0 Å². The van der Waals surface area contributed by atoms with Gasteiger partial charge in [-0.3, -0.25) is 4.79 Å². The van der Waals surface area contributed by atoms with Crippen molar-refractivity contribution >= 4 is 11.6 Å². The van der Waals surface area contributed by atoms with Crippen LogP contribution in [0, 0.1) is 6.92 Å². The maximum absolute atomic E-state index is 10.8. The van der Waals surface area contributed by atoms with Gasteiger partial charge in [0.15, 0.2) is 5.65 Å². The number of imidazole rings is 1. The highest BCUT2D eigenvalue weighted by Gasteiger charge is 2.13. The predicted molar refractivity (Wildman–Crippen MR) is 63.2 cm³/mol. The number of carboxylic acid groups (broad SMARTS) is 1. The number of hydrogen-bond acceptors (Lipinski definition) is 3. The summed E-state index contributed by atoms with van der Waals surface area (Å²) in [6.07, 6.45) is 1.79. The number of nitrogens with zero attached hydrogens (tertiary/aromatic N) is 3. The van der Waals surface area contributed by atoms with Gasteiger partial charge < -0.3 is 5.11 Å². The van der Waals surface area contributed by atoms with E-state index in [0.717, 1.165) is 11.4 Å². The largest absolute Gasteiger partial charge is 0.481 e. The zero-order valence-electron chi connectivity index (χ0n) is 10.1. The van der Waals surface area contributed by atoms with Gasteiger partial charge in [-0.15, -0.1) is 0 Å². The van der Waals surface area contributed by atoms with Gasteiger partial charge in [0.25, 0.3) is 0 Å². The van der Waals surface area contributed by atoms with Crippen molar-refractivity contribution in [2.45, 2.75) is 33.1 Å². The van der Waals surface area contributed by atoms with Crippen LogP contribution in [0.4, 0.5) is 0 Å². The molecule has 0 aliphatic carbocycles. The third-order valence-electron chi connectivity index (χ3n) is 2.57. The molecule has 2 rings (SSSR count). The van der Waals surface area contributed by atoms with Crippen molar-refractivity contribution in [2.24, 2.45) is 0 Å². The monoisotopic (exact) mass is 233 g/mol. The lowest BCUT2D eigenvalue weighted by atomic mass is 10.1. The molecule has 0 amide bonds. The number of carbonyl (C=O) groups is 1. The second kappa shape index (κ2) is 4.16. The second-order valence-electron chi connectivity index (χ2n) is 4.47. The van der Waals surface area contributed by atoms with Crippen molar-refractivity contribution in [3.8, 4) is 0 Å². The van der Waals surface area contributed by atoms with Crippen LogP contribution < -0.4 is 0 Å². The van der Waals surface area contributed by atoms with Crippen LogP contribution in [-0.2, 0) is 11.2 Å². The third kappa shape index (κ3) is 2.27. The average molecular weight is 233 g/mol. The van der Waals surface area contributed by atoms with Crippen molar-refractivity contribution < 1.29 is 9.90 Å². The van der Waals surface area contributed by atoms with Crippen molar-refractivity contribution in [1.82, 2.24) is 14.6 Å². The highest BCUT2D eigenvalue weighted by atomic mass is 16.4. The first-order valence-corrected chi connectivity index (χ1v) is 5.55. The van der Waals surface area contributed by atoms with Crippen molar-refractivity contribution in [2.75, 3.05) is 0 Å². The molecule has 0 aliphatic heterocycles. The minimum atomic E-state index is -0.853. The number of rotatable bonds is 3. The standard InChI is InChI=1S/C12H15N3O2/c1-7(2)10-4-9(5-11(16)17)12-13-8(3)6-15(12)14-10/h4,6-7H,5H2,1-3H3,(H,16,17). The van der Waals surface area contributed by atoms with Crippen molar-refractivity contribution in [3.63, 3.8) is 0 Å². The Hall–Kier alpha value is -1.91. The molecule has 0 aliphatic rings. The van der Waals surface area contributed by atoms with Crippen LogP contribution in [0.25, 0.3) is 5.65 Å². The first-order chi connectivity index (χ1) is 7.97. The van der Waals surface area contributed by atoms with E-state index in [-0.39, 0.29) is 12.3 Å². The van der Waals surface area contributed by atoms with Crippen molar-refractivity contribution in [1.29, 1.82) is 0 Å². The summed E-state index contributed by atoms with van der Waals surface area (Å²) in [5.41, 5.74) is 3.06. The molecule has 0 saturated carbocycles. The number of aryl methyl sites for hydroxylation is 1. The van der Waals surface area contributed by atoms with Gasteiger partial charge in [0.2, 0.25) is 0 Å². The van der Waals surface area contributed by atoms with E-state index in [9.17, 15) is 4.79 Å². The molecule has 2 aromatic rings. The molecular formula is C12H15N3O2.